The number of nitrogens with one attached hydrogen (secondary N) is 1. The lowest BCUT2D eigenvalue weighted by molar-refractivity contribution is -0.143. The Morgan fingerprint density at radius 3 is 2.47 bits per heavy atom. The predicted molar refractivity (Wildman–Crippen MR) is 74.0 cm³/mol. The summed E-state index contributed by atoms with van der Waals surface area (Å²) >= 11 is 1.70. The van der Waals surface area contributed by atoms with Crippen molar-refractivity contribution in [1.29, 1.82) is 0 Å². The number of benzene rings is 1. The van der Waals surface area contributed by atoms with Crippen molar-refractivity contribution in [3.05, 3.63) is 35.4 Å². The van der Waals surface area contributed by atoms with Crippen LogP contribution in [0.1, 0.15) is 15.9 Å². The molecule has 0 saturated heterocycles. The van der Waals surface area contributed by atoms with Gasteiger partial charge in [0.1, 0.15) is 0 Å². The van der Waals surface area contributed by atoms with Crippen LogP contribution in [-0.4, -0.2) is 43.0 Å². The molecule has 0 unspecified atom stereocenters. The Labute approximate surface area is 116 Å². The van der Waals surface area contributed by atoms with Crippen molar-refractivity contribution in [2.75, 3.05) is 20.0 Å². The number of methoxy groups -OCH3 is 1. The first kappa shape index (κ1) is 15.5. The number of aliphatic hydroxyl groups excluding tert-OH is 1. The zero-order chi connectivity index (χ0) is 14.3. The van der Waals surface area contributed by atoms with Crippen molar-refractivity contribution in [3.63, 3.8) is 0 Å². The summed E-state index contributed by atoms with van der Waals surface area (Å²) in [4.78, 5) is 23.1. The van der Waals surface area contributed by atoms with Crippen molar-refractivity contribution < 1.29 is 19.4 Å². The minimum absolute atomic E-state index is 0.417. The molecule has 0 saturated carbocycles. The van der Waals surface area contributed by atoms with Gasteiger partial charge in [0, 0.05) is 11.3 Å². The van der Waals surface area contributed by atoms with E-state index in [1.165, 1.54) is 7.11 Å². The molecular weight excluding hydrogens is 266 g/mol. The predicted octanol–water partition coefficient (Wildman–Crippen LogP) is 0.813. The van der Waals surface area contributed by atoms with Crippen LogP contribution in [-0.2, 0) is 15.3 Å². The number of carbonyl (C=O) groups is 2. The zero-order valence-corrected chi connectivity index (χ0v) is 11.7. The van der Waals surface area contributed by atoms with Gasteiger partial charge in [0.15, 0.2) is 6.04 Å². The molecule has 0 radical (unpaired) electrons. The van der Waals surface area contributed by atoms with Crippen molar-refractivity contribution in [1.82, 2.24) is 5.32 Å². The van der Waals surface area contributed by atoms with E-state index in [0.717, 1.165) is 11.3 Å². The van der Waals surface area contributed by atoms with E-state index in [9.17, 15) is 9.59 Å². The molecule has 5 nitrogen and oxygen atoms in total. The Morgan fingerprint density at radius 2 is 2.00 bits per heavy atom. The van der Waals surface area contributed by atoms with E-state index in [-0.39, 0.29) is 0 Å². The van der Waals surface area contributed by atoms with Gasteiger partial charge in [-0.1, -0.05) is 12.1 Å². The maximum absolute atomic E-state index is 11.9. The monoisotopic (exact) mass is 283 g/mol. The van der Waals surface area contributed by atoms with Gasteiger partial charge in [-0.2, -0.15) is 11.8 Å². The standard InChI is InChI=1S/C13H17NO4S/c1-18-13(17)11(7-15)14-12(16)10-5-3-9(4-6-10)8-19-2/h3-6,11,15H,7-8H2,1-2H3,(H,14,16)/t11-/m1/s1. The molecule has 1 aromatic rings. The summed E-state index contributed by atoms with van der Waals surface area (Å²) in [6, 6.07) is 6.05. The summed E-state index contributed by atoms with van der Waals surface area (Å²) in [6.45, 7) is -0.497. The summed E-state index contributed by atoms with van der Waals surface area (Å²) in [5.41, 5.74) is 1.56. The van der Waals surface area contributed by atoms with Gasteiger partial charge in [0.25, 0.3) is 5.91 Å². The number of rotatable bonds is 6. The summed E-state index contributed by atoms with van der Waals surface area (Å²) in [7, 11) is 1.20. The first-order valence-corrected chi connectivity index (χ1v) is 7.09. The maximum atomic E-state index is 11.9. The van der Waals surface area contributed by atoms with E-state index in [0.29, 0.717) is 5.56 Å². The molecule has 1 rings (SSSR count). The molecule has 0 fully saturated rings. The molecule has 0 bridgehead atoms. The van der Waals surface area contributed by atoms with Crippen LogP contribution in [0.4, 0.5) is 0 Å². The molecule has 104 valence electrons. The van der Waals surface area contributed by atoms with Gasteiger partial charge in [-0.3, -0.25) is 4.79 Å². The summed E-state index contributed by atoms with van der Waals surface area (Å²) in [5, 5.41) is 11.4. The molecule has 1 atom stereocenters. The van der Waals surface area contributed by atoms with Gasteiger partial charge in [-0.15, -0.1) is 0 Å². The number of ether oxygens (including phenoxy) is 1. The molecule has 0 heterocycles. The summed E-state index contributed by atoms with van der Waals surface area (Å²) in [6.07, 6.45) is 2.00. The first-order chi connectivity index (χ1) is 9.12. The average Bonchev–Trinajstić information content (AvgIpc) is 2.44. The van der Waals surface area contributed by atoms with Gasteiger partial charge < -0.3 is 15.2 Å². The lowest BCUT2D eigenvalue weighted by Gasteiger charge is -2.13. The molecule has 1 aromatic carbocycles. The van der Waals surface area contributed by atoms with Crippen LogP contribution < -0.4 is 5.32 Å². The Balaban J connectivity index is 2.69. The van der Waals surface area contributed by atoms with Crippen LogP contribution in [0.2, 0.25) is 0 Å². The number of carbonyl (C=O) groups excluding carboxylic acids is 2. The number of esters is 1. The largest absolute Gasteiger partial charge is 0.467 e. The van der Waals surface area contributed by atoms with Gasteiger partial charge in [0.2, 0.25) is 0 Å². The lowest BCUT2D eigenvalue weighted by Crippen LogP contribution is -2.44. The molecule has 6 heteroatoms. The number of hydrogen-bond acceptors (Lipinski definition) is 5. The Morgan fingerprint density at radius 1 is 1.37 bits per heavy atom. The SMILES string of the molecule is COC(=O)[C@@H](CO)NC(=O)c1ccc(CSC)cc1. The molecule has 19 heavy (non-hydrogen) atoms. The van der Waals surface area contributed by atoms with Crippen molar-refractivity contribution in [3.8, 4) is 0 Å². The fourth-order valence-corrected chi connectivity index (χ4v) is 2.01. The van der Waals surface area contributed by atoms with Crippen LogP contribution >= 0.6 is 11.8 Å². The Hall–Kier alpha value is -1.53. The average molecular weight is 283 g/mol. The van der Waals surface area contributed by atoms with Gasteiger partial charge in [-0.05, 0) is 24.0 Å². The third-order valence-corrected chi connectivity index (χ3v) is 3.12. The highest BCUT2D eigenvalue weighted by molar-refractivity contribution is 7.97. The molecule has 0 spiro atoms. The summed E-state index contributed by atoms with van der Waals surface area (Å²) in [5.74, 6) is -0.210. The van der Waals surface area contributed by atoms with E-state index >= 15 is 0 Å². The molecule has 0 aliphatic rings. The number of amides is 1. The number of aliphatic hydroxyl groups is 1. The van der Waals surface area contributed by atoms with E-state index in [2.05, 4.69) is 10.1 Å². The van der Waals surface area contributed by atoms with Gasteiger partial charge in [0.05, 0.1) is 13.7 Å². The second-order valence-electron chi connectivity index (χ2n) is 3.86. The fraction of sp³-hybridized carbons (Fsp3) is 0.385. The smallest absolute Gasteiger partial charge is 0.330 e. The number of hydrogen-bond donors (Lipinski definition) is 2. The Kier molecular flexibility index (Phi) is 6.38. The van der Waals surface area contributed by atoms with E-state index in [1.54, 1.807) is 23.9 Å². The van der Waals surface area contributed by atoms with Crippen molar-refractivity contribution >= 4 is 23.6 Å². The highest BCUT2D eigenvalue weighted by atomic mass is 32.2. The molecular formula is C13H17NO4S. The zero-order valence-electron chi connectivity index (χ0n) is 10.9. The molecule has 1 amide bonds. The lowest BCUT2D eigenvalue weighted by atomic mass is 10.1. The molecule has 0 aliphatic heterocycles. The van der Waals surface area contributed by atoms with Crippen LogP contribution in [0.5, 0.6) is 0 Å². The van der Waals surface area contributed by atoms with Crippen molar-refractivity contribution in [2.24, 2.45) is 0 Å². The third-order valence-electron chi connectivity index (χ3n) is 2.50. The Bertz CT molecular complexity index is 433. The molecule has 2 N–H and O–H groups in total. The fourth-order valence-electron chi connectivity index (χ4n) is 1.48. The first-order valence-electron chi connectivity index (χ1n) is 5.69. The van der Waals surface area contributed by atoms with Crippen LogP contribution in [0.15, 0.2) is 24.3 Å². The normalized spacial score (nSPS) is 11.7. The minimum Gasteiger partial charge on any atom is -0.467 e. The van der Waals surface area contributed by atoms with Crippen molar-refractivity contribution in [2.45, 2.75) is 11.8 Å². The molecule has 0 aromatic heterocycles. The second-order valence-corrected chi connectivity index (χ2v) is 4.73. The highest BCUT2D eigenvalue weighted by Gasteiger charge is 2.20. The maximum Gasteiger partial charge on any atom is 0.330 e. The highest BCUT2D eigenvalue weighted by Crippen LogP contribution is 2.10. The van der Waals surface area contributed by atoms with Crippen LogP contribution in [0.25, 0.3) is 0 Å². The van der Waals surface area contributed by atoms with E-state index in [1.807, 2.05) is 18.4 Å². The second kappa shape index (κ2) is 7.81. The minimum atomic E-state index is -1.04. The van der Waals surface area contributed by atoms with Crippen LogP contribution in [0, 0.1) is 0 Å². The van der Waals surface area contributed by atoms with Crippen LogP contribution in [0.3, 0.4) is 0 Å². The van der Waals surface area contributed by atoms with Gasteiger partial charge >= 0.3 is 5.97 Å². The third kappa shape index (κ3) is 4.57. The molecule has 0 aliphatic carbocycles. The van der Waals surface area contributed by atoms with Gasteiger partial charge in [-0.25, -0.2) is 4.79 Å². The van der Waals surface area contributed by atoms with E-state index < -0.39 is 24.5 Å². The quantitative estimate of drug-likeness (QED) is 0.756. The van der Waals surface area contributed by atoms with E-state index in [4.69, 9.17) is 5.11 Å². The number of thioether (sulfide) groups is 1. The summed E-state index contributed by atoms with van der Waals surface area (Å²) < 4.78 is 4.47. The topological polar surface area (TPSA) is 75.6 Å².